The van der Waals surface area contributed by atoms with Crippen molar-refractivity contribution in [2.75, 3.05) is 7.11 Å². The number of aromatic nitrogens is 1. The van der Waals surface area contributed by atoms with E-state index in [0.717, 1.165) is 42.8 Å². The van der Waals surface area contributed by atoms with Gasteiger partial charge in [0, 0.05) is 24.0 Å². The van der Waals surface area contributed by atoms with E-state index in [0.29, 0.717) is 11.8 Å². The molecule has 0 atom stereocenters. The molecule has 3 heteroatoms. The van der Waals surface area contributed by atoms with Gasteiger partial charge in [-0.1, -0.05) is 38.5 Å². The van der Waals surface area contributed by atoms with E-state index in [1.807, 2.05) is 12.1 Å². The first kappa shape index (κ1) is 14.7. The van der Waals surface area contributed by atoms with E-state index in [-0.39, 0.29) is 0 Å². The van der Waals surface area contributed by atoms with Crippen LogP contribution in [0, 0.1) is 5.21 Å². The van der Waals surface area contributed by atoms with Gasteiger partial charge in [0.05, 0.1) is 7.11 Å². The van der Waals surface area contributed by atoms with Gasteiger partial charge in [-0.3, -0.25) is 0 Å². The number of ether oxygens (including phenoxy) is 1. The molecule has 0 radical (unpaired) electrons. The Kier molecular flexibility index (Phi) is 4.67. The van der Waals surface area contributed by atoms with Crippen LogP contribution in [-0.2, 0) is 0 Å². The molecule has 0 saturated heterocycles. The third-order valence-electron chi connectivity index (χ3n) is 5.33. The number of hydrogen-bond acceptors (Lipinski definition) is 2. The molecule has 0 aromatic carbocycles. The summed E-state index contributed by atoms with van der Waals surface area (Å²) in [5, 5.41) is 12.9. The zero-order chi connectivity index (χ0) is 14.7. The number of rotatable bonds is 3. The molecule has 2 aliphatic rings. The maximum atomic E-state index is 12.9. The van der Waals surface area contributed by atoms with Gasteiger partial charge in [-0.15, -0.1) is 0 Å². The van der Waals surface area contributed by atoms with Crippen LogP contribution in [0.1, 0.15) is 87.4 Å². The number of hydrogen-bond donors (Lipinski definition) is 0. The Morgan fingerprint density at radius 2 is 1.29 bits per heavy atom. The molecule has 3 rings (SSSR count). The number of pyridine rings is 1. The first-order valence-corrected chi connectivity index (χ1v) is 8.61. The molecule has 2 aliphatic carbocycles. The Hall–Kier alpha value is -1.25. The molecular formula is C18H27NO2. The summed E-state index contributed by atoms with van der Waals surface area (Å²) in [5.74, 6) is 1.71. The van der Waals surface area contributed by atoms with Crippen molar-refractivity contribution in [3.05, 3.63) is 28.7 Å². The molecule has 1 heterocycles. The van der Waals surface area contributed by atoms with E-state index in [2.05, 4.69) is 0 Å². The van der Waals surface area contributed by atoms with E-state index in [4.69, 9.17) is 4.74 Å². The lowest BCUT2D eigenvalue weighted by atomic mass is 9.84. The maximum Gasteiger partial charge on any atom is 0.199 e. The van der Waals surface area contributed by atoms with Crippen LogP contribution < -0.4 is 9.47 Å². The summed E-state index contributed by atoms with van der Waals surface area (Å²) in [6.07, 6.45) is 12.2. The number of nitrogens with zero attached hydrogens (tertiary/aromatic N) is 1. The summed E-state index contributed by atoms with van der Waals surface area (Å²) in [5.41, 5.74) is 1.91. The second kappa shape index (κ2) is 6.67. The van der Waals surface area contributed by atoms with Crippen LogP contribution in [0.25, 0.3) is 0 Å². The van der Waals surface area contributed by atoms with Crippen LogP contribution in [0.4, 0.5) is 0 Å². The van der Waals surface area contributed by atoms with Gasteiger partial charge in [0.25, 0.3) is 0 Å². The summed E-state index contributed by atoms with van der Waals surface area (Å²) in [4.78, 5) is 0. The normalized spacial score (nSPS) is 21.4. The van der Waals surface area contributed by atoms with Gasteiger partial charge < -0.3 is 9.94 Å². The quantitative estimate of drug-likeness (QED) is 0.610. The summed E-state index contributed by atoms with van der Waals surface area (Å²) < 4.78 is 6.74. The number of methoxy groups -OCH3 is 1. The Labute approximate surface area is 127 Å². The first-order valence-electron chi connectivity index (χ1n) is 8.61. The zero-order valence-electron chi connectivity index (χ0n) is 13.1. The Morgan fingerprint density at radius 3 is 1.67 bits per heavy atom. The van der Waals surface area contributed by atoms with Gasteiger partial charge in [-0.25, -0.2) is 0 Å². The van der Waals surface area contributed by atoms with Crippen molar-refractivity contribution < 1.29 is 9.47 Å². The highest BCUT2D eigenvalue weighted by Crippen LogP contribution is 2.36. The van der Waals surface area contributed by atoms with Crippen molar-refractivity contribution in [2.24, 2.45) is 0 Å². The predicted molar refractivity (Wildman–Crippen MR) is 83.6 cm³/mol. The average Bonchev–Trinajstić information content (AvgIpc) is 2.57. The molecule has 3 nitrogen and oxygen atoms in total. The van der Waals surface area contributed by atoms with Gasteiger partial charge in [0.2, 0.25) is 0 Å². The third kappa shape index (κ3) is 3.17. The van der Waals surface area contributed by atoms with Crippen LogP contribution in [-0.4, -0.2) is 7.11 Å². The van der Waals surface area contributed by atoms with E-state index in [1.165, 1.54) is 43.3 Å². The molecular weight excluding hydrogens is 262 g/mol. The second-order valence-corrected chi connectivity index (χ2v) is 6.71. The lowest BCUT2D eigenvalue weighted by Gasteiger charge is -2.25. The van der Waals surface area contributed by atoms with E-state index in [1.54, 1.807) is 7.11 Å². The summed E-state index contributed by atoms with van der Waals surface area (Å²) in [7, 11) is 1.71. The maximum absolute atomic E-state index is 12.9. The molecule has 21 heavy (non-hydrogen) atoms. The van der Waals surface area contributed by atoms with Crippen molar-refractivity contribution in [1.29, 1.82) is 0 Å². The summed E-state index contributed by atoms with van der Waals surface area (Å²) in [6, 6.07) is 3.96. The SMILES string of the molecule is COc1cc(C2CCCCC2)[n+]([O-])c(C2CCCCC2)c1. The fourth-order valence-corrected chi connectivity index (χ4v) is 4.08. The molecule has 0 bridgehead atoms. The Balaban J connectivity index is 1.94. The molecule has 1 aromatic heterocycles. The molecule has 0 aliphatic heterocycles. The first-order chi connectivity index (χ1) is 10.3. The van der Waals surface area contributed by atoms with E-state index in [9.17, 15) is 5.21 Å². The van der Waals surface area contributed by atoms with E-state index >= 15 is 0 Å². The summed E-state index contributed by atoms with van der Waals surface area (Å²) >= 11 is 0. The van der Waals surface area contributed by atoms with Crippen molar-refractivity contribution in [3.8, 4) is 5.75 Å². The second-order valence-electron chi connectivity index (χ2n) is 6.71. The molecule has 0 spiro atoms. The van der Waals surface area contributed by atoms with Crippen molar-refractivity contribution in [1.82, 2.24) is 0 Å². The standard InChI is InChI=1S/C18H27NO2/c1-21-16-12-17(14-8-4-2-5-9-14)19(20)18(13-16)15-10-6-3-7-11-15/h12-15H,2-11H2,1H3. The minimum atomic E-state index is 0.425. The lowest BCUT2D eigenvalue weighted by Crippen LogP contribution is -2.40. The van der Waals surface area contributed by atoms with Gasteiger partial charge in [-0.05, 0) is 25.7 Å². The van der Waals surface area contributed by atoms with Gasteiger partial charge in [0.1, 0.15) is 5.75 Å². The van der Waals surface area contributed by atoms with Gasteiger partial charge in [0.15, 0.2) is 11.4 Å². The van der Waals surface area contributed by atoms with Gasteiger partial charge in [-0.2, -0.15) is 4.73 Å². The highest BCUT2D eigenvalue weighted by atomic mass is 16.5. The fraction of sp³-hybridized carbons (Fsp3) is 0.722. The molecule has 0 N–H and O–H groups in total. The monoisotopic (exact) mass is 289 g/mol. The lowest BCUT2D eigenvalue weighted by molar-refractivity contribution is -0.626. The van der Waals surface area contributed by atoms with Crippen LogP contribution in [0.2, 0.25) is 0 Å². The molecule has 0 amide bonds. The highest BCUT2D eigenvalue weighted by Gasteiger charge is 2.29. The molecule has 2 fully saturated rings. The topological polar surface area (TPSA) is 36.2 Å². The van der Waals surface area contributed by atoms with Crippen molar-refractivity contribution in [3.63, 3.8) is 0 Å². The Morgan fingerprint density at radius 1 is 0.857 bits per heavy atom. The molecule has 1 aromatic rings. The largest absolute Gasteiger partial charge is 0.618 e. The van der Waals surface area contributed by atoms with Crippen LogP contribution in [0.5, 0.6) is 5.75 Å². The molecule has 116 valence electrons. The van der Waals surface area contributed by atoms with Crippen LogP contribution in [0.3, 0.4) is 0 Å². The Bertz CT molecular complexity index is 435. The van der Waals surface area contributed by atoms with Gasteiger partial charge >= 0.3 is 0 Å². The van der Waals surface area contributed by atoms with E-state index < -0.39 is 0 Å². The minimum Gasteiger partial charge on any atom is -0.618 e. The van der Waals surface area contributed by atoms with Crippen LogP contribution >= 0.6 is 0 Å². The zero-order valence-corrected chi connectivity index (χ0v) is 13.1. The summed E-state index contributed by atoms with van der Waals surface area (Å²) in [6.45, 7) is 0. The minimum absolute atomic E-state index is 0.425. The third-order valence-corrected chi connectivity index (χ3v) is 5.33. The fourth-order valence-electron chi connectivity index (χ4n) is 4.08. The molecule has 0 unspecified atom stereocenters. The smallest absolute Gasteiger partial charge is 0.199 e. The average molecular weight is 289 g/mol. The predicted octanol–water partition coefficient (Wildman–Crippen LogP) is 4.42. The van der Waals surface area contributed by atoms with Crippen molar-refractivity contribution >= 4 is 0 Å². The highest BCUT2D eigenvalue weighted by molar-refractivity contribution is 5.27. The van der Waals surface area contributed by atoms with Crippen LogP contribution in [0.15, 0.2) is 12.1 Å². The molecule has 2 saturated carbocycles. The van der Waals surface area contributed by atoms with Crippen molar-refractivity contribution in [2.45, 2.75) is 76.0 Å².